The summed E-state index contributed by atoms with van der Waals surface area (Å²) in [6.45, 7) is 5.36. The van der Waals surface area contributed by atoms with E-state index in [9.17, 15) is 9.18 Å². The number of nitrogens with zero attached hydrogens (tertiary/aromatic N) is 1. The maximum absolute atomic E-state index is 13.2. The number of hydrogen-bond donors (Lipinski definition) is 1. The minimum Gasteiger partial charge on any atom is -0.356 e. The third-order valence-corrected chi connectivity index (χ3v) is 5.99. The zero-order chi connectivity index (χ0) is 19.5. The Kier molecular flexibility index (Phi) is 5.77. The normalized spacial score (nSPS) is 22.8. The average Bonchev–Trinajstić information content (AvgIpc) is 3.52. The molecule has 1 N–H and O–H groups in total. The van der Waals surface area contributed by atoms with Gasteiger partial charge in [-0.2, -0.15) is 0 Å². The number of rotatable bonds is 6. The maximum atomic E-state index is 13.2. The summed E-state index contributed by atoms with van der Waals surface area (Å²) < 4.78 is 13.2. The first-order valence-corrected chi connectivity index (χ1v) is 10.4. The molecular formula is C24H29FN2O. The summed E-state index contributed by atoms with van der Waals surface area (Å²) in [5.74, 6) is 1.00. The number of benzene rings is 2. The quantitative estimate of drug-likeness (QED) is 0.812. The molecule has 2 fully saturated rings. The molecule has 3 nitrogen and oxygen atoms in total. The SMILES string of the molecule is Cc1cccc([C@@H]2C[C@@H](C(=O)NCC3CC3)CN(Cc3ccc(F)cc3)C2)c1. The second-order valence-corrected chi connectivity index (χ2v) is 8.55. The fourth-order valence-electron chi connectivity index (χ4n) is 4.23. The predicted octanol–water partition coefficient (Wildman–Crippen LogP) is 4.27. The molecule has 2 aromatic carbocycles. The van der Waals surface area contributed by atoms with Crippen LogP contribution in [0.4, 0.5) is 4.39 Å². The first kappa shape index (κ1) is 19.1. The van der Waals surface area contributed by atoms with Gasteiger partial charge in [0.2, 0.25) is 5.91 Å². The number of hydrogen-bond acceptors (Lipinski definition) is 2. The summed E-state index contributed by atoms with van der Waals surface area (Å²) in [5.41, 5.74) is 3.65. The summed E-state index contributed by atoms with van der Waals surface area (Å²) >= 11 is 0. The van der Waals surface area contributed by atoms with Crippen molar-refractivity contribution in [2.24, 2.45) is 11.8 Å². The number of halogens is 1. The summed E-state index contributed by atoms with van der Waals surface area (Å²) in [6.07, 6.45) is 3.38. The van der Waals surface area contributed by atoms with Gasteiger partial charge in [-0.25, -0.2) is 4.39 Å². The number of amides is 1. The van der Waals surface area contributed by atoms with Crippen LogP contribution in [0.5, 0.6) is 0 Å². The van der Waals surface area contributed by atoms with Gasteiger partial charge in [0.15, 0.2) is 0 Å². The van der Waals surface area contributed by atoms with E-state index >= 15 is 0 Å². The van der Waals surface area contributed by atoms with E-state index in [1.807, 2.05) is 12.1 Å². The molecule has 0 spiro atoms. The van der Waals surface area contributed by atoms with Gasteiger partial charge in [-0.05, 0) is 61.3 Å². The Morgan fingerprint density at radius 2 is 1.93 bits per heavy atom. The number of nitrogens with one attached hydrogen (secondary N) is 1. The molecule has 148 valence electrons. The van der Waals surface area contributed by atoms with Crippen molar-refractivity contribution in [1.29, 1.82) is 0 Å². The van der Waals surface area contributed by atoms with Gasteiger partial charge in [0.05, 0.1) is 5.92 Å². The Morgan fingerprint density at radius 1 is 1.14 bits per heavy atom. The lowest BCUT2D eigenvalue weighted by Gasteiger charge is -2.37. The van der Waals surface area contributed by atoms with Crippen LogP contribution in [-0.4, -0.2) is 30.4 Å². The molecule has 1 saturated carbocycles. The minimum atomic E-state index is -0.211. The largest absolute Gasteiger partial charge is 0.356 e. The van der Waals surface area contributed by atoms with Crippen LogP contribution in [0.1, 0.15) is 41.9 Å². The predicted molar refractivity (Wildman–Crippen MR) is 109 cm³/mol. The topological polar surface area (TPSA) is 32.3 Å². The van der Waals surface area contributed by atoms with Crippen molar-refractivity contribution >= 4 is 5.91 Å². The standard InChI is InChI=1S/C24H29FN2O/c1-17-3-2-4-20(11-17)21-12-22(24(28)26-13-18-5-6-18)16-27(15-21)14-19-7-9-23(25)10-8-19/h2-4,7-11,18,21-22H,5-6,12-16H2,1H3,(H,26,28)/t21-,22-/m1/s1. The lowest BCUT2D eigenvalue weighted by molar-refractivity contribution is -0.127. The molecule has 2 atom stereocenters. The Morgan fingerprint density at radius 3 is 2.64 bits per heavy atom. The third-order valence-electron chi connectivity index (χ3n) is 5.99. The van der Waals surface area contributed by atoms with Gasteiger partial charge in [-0.1, -0.05) is 42.0 Å². The first-order valence-electron chi connectivity index (χ1n) is 10.4. The van der Waals surface area contributed by atoms with E-state index < -0.39 is 0 Å². The molecule has 4 rings (SSSR count). The van der Waals surface area contributed by atoms with Crippen molar-refractivity contribution in [3.8, 4) is 0 Å². The average molecular weight is 381 g/mol. The highest BCUT2D eigenvalue weighted by atomic mass is 19.1. The van der Waals surface area contributed by atoms with Crippen molar-refractivity contribution in [1.82, 2.24) is 10.2 Å². The molecule has 1 heterocycles. The minimum absolute atomic E-state index is 0.00143. The van der Waals surface area contributed by atoms with Crippen LogP contribution in [0.25, 0.3) is 0 Å². The molecule has 1 amide bonds. The van der Waals surface area contributed by atoms with E-state index in [-0.39, 0.29) is 17.6 Å². The van der Waals surface area contributed by atoms with Crippen LogP contribution < -0.4 is 5.32 Å². The molecule has 1 aliphatic heterocycles. The van der Waals surface area contributed by atoms with E-state index in [1.165, 1.54) is 36.1 Å². The third kappa shape index (κ3) is 4.99. The van der Waals surface area contributed by atoms with Gasteiger partial charge in [-0.3, -0.25) is 9.69 Å². The van der Waals surface area contributed by atoms with Gasteiger partial charge < -0.3 is 5.32 Å². The van der Waals surface area contributed by atoms with E-state index in [0.717, 1.165) is 38.2 Å². The molecule has 2 aromatic rings. The van der Waals surface area contributed by atoms with Crippen LogP contribution in [0.2, 0.25) is 0 Å². The second-order valence-electron chi connectivity index (χ2n) is 8.55. The summed E-state index contributed by atoms with van der Waals surface area (Å²) in [5, 5.41) is 3.17. The fraction of sp³-hybridized carbons (Fsp3) is 0.458. The van der Waals surface area contributed by atoms with Gasteiger partial charge in [-0.15, -0.1) is 0 Å². The molecule has 1 saturated heterocycles. The van der Waals surface area contributed by atoms with E-state index in [2.05, 4.69) is 41.4 Å². The van der Waals surface area contributed by atoms with Crippen molar-refractivity contribution in [2.75, 3.05) is 19.6 Å². The molecule has 0 unspecified atom stereocenters. The van der Waals surface area contributed by atoms with Crippen molar-refractivity contribution in [3.63, 3.8) is 0 Å². The van der Waals surface area contributed by atoms with Crippen LogP contribution in [0.15, 0.2) is 48.5 Å². The summed E-state index contributed by atoms with van der Waals surface area (Å²) in [4.78, 5) is 15.2. The number of carbonyl (C=O) groups is 1. The van der Waals surface area contributed by atoms with Gasteiger partial charge in [0, 0.05) is 26.2 Å². The number of piperidine rings is 1. The Labute approximate surface area is 166 Å². The van der Waals surface area contributed by atoms with Crippen molar-refractivity contribution in [3.05, 3.63) is 71.0 Å². The van der Waals surface area contributed by atoms with Crippen LogP contribution in [0.3, 0.4) is 0 Å². The zero-order valence-corrected chi connectivity index (χ0v) is 16.5. The molecule has 0 aromatic heterocycles. The van der Waals surface area contributed by atoms with Crippen LogP contribution in [0, 0.1) is 24.6 Å². The summed E-state index contributed by atoms with van der Waals surface area (Å²) in [7, 11) is 0. The van der Waals surface area contributed by atoms with Crippen LogP contribution >= 0.6 is 0 Å². The van der Waals surface area contributed by atoms with Gasteiger partial charge >= 0.3 is 0 Å². The second kappa shape index (κ2) is 8.44. The molecule has 2 aliphatic rings. The van der Waals surface area contributed by atoms with Gasteiger partial charge in [0.25, 0.3) is 0 Å². The molecule has 0 bridgehead atoms. The van der Waals surface area contributed by atoms with E-state index in [1.54, 1.807) is 0 Å². The Hall–Kier alpha value is -2.20. The number of aryl methyl sites for hydroxylation is 1. The smallest absolute Gasteiger partial charge is 0.224 e. The molecule has 28 heavy (non-hydrogen) atoms. The first-order chi connectivity index (χ1) is 13.6. The Bertz CT molecular complexity index is 816. The highest BCUT2D eigenvalue weighted by molar-refractivity contribution is 5.79. The van der Waals surface area contributed by atoms with Gasteiger partial charge in [0.1, 0.15) is 5.82 Å². The van der Waals surface area contributed by atoms with Crippen molar-refractivity contribution in [2.45, 2.75) is 38.6 Å². The number of carbonyl (C=O) groups excluding carboxylic acids is 1. The fourth-order valence-corrected chi connectivity index (χ4v) is 4.23. The van der Waals surface area contributed by atoms with E-state index in [4.69, 9.17) is 0 Å². The monoisotopic (exact) mass is 380 g/mol. The summed E-state index contributed by atoms with van der Waals surface area (Å²) in [6, 6.07) is 15.3. The molecule has 1 aliphatic carbocycles. The number of likely N-dealkylation sites (tertiary alicyclic amines) is 1. The van der Waals surface area contributed by atoms with Crippen LogP contribution in [-0.2, 0) is 11.3 Å². The lowest BCUT2D eigenvalue weighted by Crippen LogP contribution is -2.45. The molecule has 0 radical (unpaired) electrons. The van der Waals surface area contributed by atoms with Crippen molar-refractivity contribution < 1.29 is 9.18 Å². The zero-order valence-electron chi connectivity index (χ0n) is 16.5. The molecule has 4 heteroatoms. The lowest BCUT2D eigenvalue weighted by atomic mass is 9.83. The highest BCUT2D eigenvalue weighted by Gasteiger charge is 2.33. The highest BCUT2D eigenvalue weighted by Crippen LogP contribution is 2.32. The maximum Gasteiger partial charge on any atom is 0.224 e. The Balaban J connectivity index is 1.49. The van der Waals surface area contributed by atoms with E-state index in [0.29, 0.717) is 11.8 Å². The molecular weight excluding hydrogens is 351 g/mol.